The summed E-state index contributed by atoms with van der Waals surface area (Å²) in [5, 5.41) is 10.5. The molecule has 2 aromatic heterocycles. The first-order valence-corrected chi connectivity index (χ1v) is 8.71. The number of aliphatic carboxylic acids is 1. The fourth-order valence-corrected chi connectivity index (χ4v) is 3.92. The van der Waals surface area contributed by atoms with Crippen LogP contribution in [0.15, 0.2) is 53.3 Å². The van der Waals surface area contributed by atoms with Crippen LogP contribution in [0.25, 0.3) is 21.1 Å². The number of hydrogen-bond donors (Lipinski definition) is 1. The Kier molecular flexibility index (Phi) is 4.00. The second kappa shape index (κ2) is 6.34. The zero-order valence-corrected chi connectivity index (χ0v) is 14.3. The summed E-state index contributed by atoms with van der Waals surface area (Å²) in [6.45, 7) is 0.202. The Labute approximate surface area is 151 Å². The molecule has 26 heavy (non-hydrogen) atoms. The van der Waals surface area contributed by atoms with Crippen LogP contribution in [-0.2, 0) is 17.8 Å². The summed E-state index contributed by atoms with van der Waals surface area (Å²) >= 11 is 1.38. The van der Waals surface area contributed by atoms with Crippen molar-refractivity contribution < 1.29 is 14.3 Å². The minimum Gasteiger partial charge on any atom is -0.481 e. The lowest BCUT2D eigenvalue weighted by Crippen LogP contribution is -2.26. The second-order valence-corrected chi connectivity index (χ2v) is 7.03. The third kappa shape index (κ3) is 2.97. The second-order valence-electron chi connectivity index (χ2n) is 5.91. The smallest absolute Gasteiger partial charge is 0.308 e. The van der Waals surface area contributed by atoms with Crippen LogP contribution < -0.4 is 5.56 Å². The number of fused-ring (bicyclic) bond motifs is 2. The van der Waals surface area contributed by atoms with Crippen LogP contribution >= 0.6 is 11.3 Å². The number of aromatic nitrogens is 2. The molecule has 0 fully saturated rings. The number of nitrogens with zero attached hydrogens (tertiary/aromatic N) is 2. The zero-order chi connectivity index (χ0) is 18.3. The molecule has 0 saturated carbocycles. The Bertz CT molecular complexity index is 1210. The van der Waals surface area contributed by atoms with E-state index in [2.05, 4.69) is 4.98 Å². The molecule has 0 aliphatic carbocycles. The number of hydrogen-bond acceptors (Lipinski definition) is 4. The van der Waals surface area contributed by atoms with E-state index in [0.29, 0.717) is 16.0 Å². The van der Waals surface area contributed by atoms with Crippen molar-refractivity contribution in [1.82, 2.24) is 9.55 Å². The highest BCUT2D eigenvalue weighted by Gasteiger charge is 2.14. The van der Waals surface area contributed by atoms with Crippen LogP contribution in [0.5, 0.6) is 0 Å². The molecule has 0 aliphatic rings. The van der Waals surface area contributed by atoms with Crippen molar-refractivity contribution in [1.29, 1.82) is 0 Å². The normalized spacial score (nSPS) is 11.3. The monoisotopic (exact) mass is 368 g/mol. The van der Waals surface area contributed by atoms with Crippen LogP contribution in [0.1, 0.15) is 10.6 Å². The Morgan fingerprint density at radius 1 is 1.19 bits per heavy atom. The van der Waals surface area contributed by atoms with Crippen molar-refractivity contribution in [2.75, 3.05) is 0 Å². The zero-order valence-electron chi connectivity index (χ0n) is 13.5. The van der Waals surface area contributed by atoms with Crippen LogP contribution in [0, 0.1) is 5.82 Å². The molecule has 0 aliphatic heterocycles. The molecule has 130 valence electrons. The fraction of sp³-hybridized carbons (Fsp3) is 0.105. The standard InChI is InChI=1S/C19H13FN2O3S/c20-13-5-6-16-14(9-13)21-17(26-16)10-22-15-4-2-1-3-11(15)7-12(19(22)25)8-18(23)24/h1-7,9H,8,10H2,(H,23,24). The van der Waals surface area contributed by atoms with Gasteiger partial charge in [0.2, 0.25) is 0 Å². The number of pyridine rings is 1. The van der Waals surface area contributed by atoms with Gasteiger partial charge >= 0.3 is 5.97 Å². The minimum absolute atomic E-state index is 0.202. The summed E-state index contributed by atoms with van der Waals surface area (Å²) < 4.78 is 15.7. The number of carboxylic acids is 1. The van der Waals surface area contributed by atoms with Crippen molar-refractivity contribution in [2.24, 2.45) is 0 Å². The van der Waals surface area contributed by atoms with Crippen molar-refractivity contribution >= 4 is 38.4 Å². The quantitative estimate of drug-likeness (QED) is 0.599. The van der Waals surface area contributed by atoms with Gasteiger partial charge in [0.15, 0.2) is 0 Å². The molecular formula is C19H13FN2O3S. The predicted molar refractivity (Wildman–Crippen MR) is 98.2 cm³/mol. The summed E-state index contributed by atoms with van der Waals surface area (Å²) in [7, 11) is 0. The van der Waals surface area contributed by atoms with E-state index < -0.39 is 5.97 Å². The van der Waals surface area contributed by atoms with Gasteiger partial charge in [0.1, 0.15) is 10.8 Å². The van der Waals surface area contributed by atoms with Gasteiger partial charge in [0.25, 0.3) is 5.56 Å². The van der Waals surface area contributed by atoms with Crippen molar-refractivity contribution in [3.05, 3.63) is 75.3 Å². The molecule has 1 N–H and O–H groups in total. The highest BCUT2D eigenvalue weighted by atomic mass is 32.1. The third-order valence-corrected chi connectivity index (χ3v) is 5.13. The van der Waals surface area contributed by atoms with Gasteiger partial charge in [-0.25, -0.2) is 9.37 Å². The van der Waals surface area contributed by atoms with Crippen molar-refractivity contribution in [3.63, 3.8) is 0 Å². The van der Waals surface area contributed by atoms with Crippen molar-refractivity contribution in [3.8, 4) is 0 Å². The molecule has 2 aromatic carbocycles. The Morgan fingerprint density at radius 2 is 2.00 bits per heavy atom. The average Bonchev–Trinajstić information content (AvgIpc) is 2.99. The van der Waals surface area contributed by atoms with Crippen molar-refractivity contribution in [2.45, 2.75) is 13.0 Å². The summed E-state index contributed by atoms with van der Waals surface area (Å²) in [5.41, 5.74) is 1.13. The van der Waals surface area contributed by atoms with E-state index in [0.717, 1.165) is 10.1 Å². The van der Waals surface area contributed by atoms with Gasteiger partial charge in [0, 0.05) is 11.6 Å². The number of para-hydroxylation sites is 1. The summed E-state index contributed by atoms with van der Waals surface area (Å²) in [6, 6.07) is 13.3. The maximum atomic E-state index is 13.4. The third-order valence-electron chi connectivity index (χ3n) is 4.11. The molecule has 0 unspecified atom stereocenters. The van der Waals surface area contributed by atoms with E-state index in [-0.39, 0.29) is 29.9 Å². The van der Waals surface area contributed by atoms with E-state index in [4.69, 9.17) is 5.11 Å². The largest absolute Gasteiger partial charge is 0.481 e. The molecule has 5 nitrogen and oxygen atoms in total. The molecule has 7 heteroatoms. The first-order chi connectivity index (χ1) is 12.5. The first kappa shape index (κ1) is 16.4. The van der Waals surface area contributed by atoms with Gasteiger partial charge in [-0.3, -0.25) is 9.59 Å². The Balaban J connectivity index is 1.87. The number of benzene rings is 2. The van der Waals surface area contributed by atoms with E-state index in [1.165, 1.54) is 28.0 Å². The Hall–Kier alpha value is -3.06. The minimum atomic E-state index is -1.06. The Morgan fingerprint density at radius 3 is 2.81 bits per heavy atom. The van der Waals surface area contributed by atoms with Crippen LogP contribution in [0.3, 0.4) is 0 Å². The number of carbonyl (C=O) groups is 1. The molecule has 0 saturated heterocycles. The lowest BCUT2D eigenvalue weighted by atomic mass is 10.1. The van der Waals surface area contributed by atoms with Crippen LogP contribution in [0.2, 0.25) is 0 Å². The summed E-state index contributed by atoms with van der Waals surface area (Å²) in [6.07, 6.45) is -0.339. The van der Waals surface area contributed by atoms with E-state index >= 15 is 0 Å². The molecule has 0 radical (unpaired) electrons. The molecule has 0 bridgehead atoms. The highest BCUT2D eigenvalue weighted by Crippen LogP contribution is 2.24. The van der Waals surface area contributed by atoms with Gasteiger partial charge in [0.05, 0.1) is 28.7 Å². The van der Waals surface area contributed by atoms with Gasteiger partial charge in [-0.2, -0.15) is 0 Å². The first-order valence-electron chi connectivity index (χ1n) is 7.89. The number of halogens is 1. The number of thiazole rings is 1. The topological polar surface area (TPSA) is 72.2 Å². The maximum Gasteiger partial charge on any atom is 0.308 e. The van der Waals surface area contributed by atoms with Crippen LogP contribution in [0.4, 0.5) is 4.39 Å². The average molecular weight is 368 g/mol. The van der Waals surface area contributed by atoms with E-state index in [1.807, 2.05) is 24.3 Å². The van der Waals surface area contributed by atoms with E-state index in [1.54, 1.807) is 12.1 Å². The molecule has 0 spiro atoms. The predicted octanol–water partition coefficient (Wildman–Crippen LogP) is 3.43. The fourth-order valence-electron chi connectivity index (χ4n) is 2.99. The molecule has 0 amide bonds. The molecule has 0 atom stereocenters. The summed E-state index contributed by atoms with van der Waals surface area (Å²) in [5.74, 6) is -1.42. The SMILES string of the molecule is O=C(O)Cc1cc2ccccc2n(Cc2nc3cc(F)ccc3s2)c1=O. The van der Waals surface area contributed by atoms with E-state index in [9.17, 15) is 14.0 Å². The molecular weight excluding hydrogens is 355 g/mol. The van der Waals surface area contributed by atoms with Gasteiger partial charge in [-0.05, 0) is 29.7 Å². The van der Waals surface area contributed by atoms with Crippen LogP contribution in [-0.4, -0.2) is 20.6 Å². The summed E-state index contributed by atoms with van der Waals surface area (Å²) in [4.78, 5) is 28.3. The lowest BCUT2D eigenvalue weighted by Gasteiger charge is -2.11. The molecule has 4 rings (SSSR count). The lowest BCUT2D eigenvalue weighted by molar-refractivity contribution is -0.136. The molecule has 4 aromatic rings. The van der Waals surface area contributed by atoms with Gasteiger partial charge in [-0.1, -0.05) is 18.2 Å². The maximum absolute atomic E-state index is 13.4. The molecule has 2 heterocycles. The van der Waals surface area contributed by atoms with Gasteiger partial charge in [-0.15, -0.1) is 11.3 Å². The number of carboxylic acid groups (broad SMARTS) is 1. The number of rotatable bonds is 4. The van der Waals surface area contributed by atoms with Gasteiger partial charge < -0.3 is 9.67 Å². The highest BCUT2D eigenvalue weighted by molar-refractivity contribution is 7.18.